The summed E-state index contributed by atoms with van der Waals surface area (Å²) in [7, 11) is 0. The summed E-state index contributed by atoms with van der Waals surface area (Å²) in [5.74, 6) is 0. The van der Waals surface area contributed by atoms with Gasteiger partial charge in [0.15, 0.2) is 3.92 Å². The Morgan fingerprint density at radius 2 is 2.47 bits per heavy atom. The van der Waals surface area contributed by atoms with E-state index in [0.29, 0.717) is 19.7 Å². The molecule has 2 heterocycles. The molecule has 0 aromatic carbocycles. The molecule has 6 heteroatoms. The summed E-state index contributed by atoms with van der Waals surface area (Å²) in [5.41, 5.74) is 1.11. The van der Waals surface area contributed by atoms with Gasteiger partial charge in [-0.1, -0.05) is 13.3 Å². The predicted octanol–water partition coefficient (Wildman–Crippen LogP) is 3.20. The number of hydrogen-bond donors (Lipinski definition) is 0. The zero-order valence-corrected chi connectivity index (χ0v) is 12.1. The first-order valence-electron chi connectivity index (χ1n) is 5.76. The van der Waals surface area contributed by atoms with Crippen LogP contribution in [-0.2, 0) is 17.7 Å². The van der Waals surface area contributed by atoms with Crippen LogP contribution in [0.1, 0.15) is 30.3 Å². The van der Waals surface area contributed by atoms with Gasteiger partial charge in [-0.2, -0.15) is 0 Å². The standard InChI is InChI=1S/C11H15BrN2O2S/c1-2-3-6-16-11(15)14-5-4-8-9(7-14)17-10(12)13-8/h2-7H2,1H3. The van der Waals surface area contributed by atoms with Gasteiger partial charge < -0.3 is 9.64 Å². The minimum absolute atomic E-state index is 0.200. The van der Waals surface area contributed by atoms with Crippen LogP contribution in [0.2, 0.25) is 0 Å². The van der Waals surface area contributed by atoms with Crippen LogP contribution in [-0.4, -0.2) is 29.1 Å². The normalized spacial score (nSPS) is 14.6. The lowest BCUT2D eigenvalue weighted by atomic mass is 10.2. The Labute approximate surface area is 113 Å². The van der Waals surface area contributed by atoms with Gasteiger partial charge in [0, 0.05) is 17.8 Å². The van der Waals surface area contributed by atoms with Crippen molar-refractivity contribution >= 4 is 33.4 Å². The van der Waals surface area contributed by atoms with Gasteiger partial charge in [-0.3, -0.25) is 0 Å². The average molecular weight is 319 g/mol. The van der Waals surface area contributed by atoms with E-state index in [-0.39, 0.29) is 6.09 Å². The van der Waals surface area contributed by atoms with Crippen LogP contribution in [0, 0.1) is 0 Å². The predicted molar refractivity (Wildman–Crippen MR) is 70.2 cm³/mol. The molecular weight excluding hydrogens is 304 g/mol. The second-order valence-corrected chi connectivity index (χ2v) is 6.34. The zero-order chi connectivity index (χ0) is 12.3. The molecule has 4 nitrogen and oxygen atoms in total. The maximum Gasteiger partial charge on any atom is 0.410 e. The van der Waals surface area contributed by atoms with E-state index >= 15 is 0 Å². The first-order valence-corrected chi connectivity index (χ1v) is 7.37. The number of carbonyl (C=O) groups is 1. The van der Waals surface area contributed by atoms with Crippen molar-refractivity contribution in [3.05, 3.63) is 14.5 Å². The fraction of sp³-hybridized carbons (Fsp3) is 0.636. The van der Waals surface area contributed by atoms with Gasteiger partial charge in [0.1, 0.15) is 0 Å². The molecule has 17 heavy (non-hydrogen) atoms. The van der Waals surface area contributed by atoms with Crippen LogP contribution in [0.5, 0.6) is 0 Å². The summed E-state index contributed by atoms with van der Waals surface area (Å²) in [6.07, 6.45) is 2.59. The summed E-state index contributed by atoms with van der Waals surface area (Å²) in [4.78, 5) is 19.1. The molecule has 0 aliphatic carbocycles. The third-order valence-corrected chi connectivity index (χ3v) is 4.22. The molecular formula is C11H15BrN2O2S. The summed E-state index contributed by atoms with van der Waals surface area (Å²) in [5, 5.41) is 0. The summed E-state index contributed by atoms with van der Waals surface area (Å²) in [6, 6.07) is 0. The molecule has 0 saturated heterocycles. The highest BCUT2D eigenvalue weighted by Crippen LogP contribution is 2.28. The van der Waals surface area contributed by atoms with Crippen molar-refractivity contribution in [3.8, 4) is 0 Å². The van der Waals surface area contributed by atoms with E-state index in [1.807, 2.05) is 0 Å². The van der Waals surface area contributed by atoms with Gasteiger partial charge >= 0.3 is 6.09 Å². The van der Waals surface area contributed by atoms with Crippen LogP contribution in [0.4, 0.5) is 4.79 Å². The Kier molecular flexibility index (Phi) is 4.39. The highest BCUT2D eigenvalue weighted by molar-refractivity contribution is 9.11. The maximum absolute atomic E-state index is 11.8. The van der Waals surface area contributed by atoms with Crippen LogP contribution in [0.3, 0.4) is 0 Å². The average Bonchev–Trinajstić information content (AvgIpc) is 2.68. The molecule has 0 unspecified atom stereocenters. The van der Waals surface area contributed by atoms with Gasteiger partial charge in [-0.15, -0.1) is 11.3 Å². The number of unbranched alkanes of at least 4 members (excludes halogenated alkanes) is 1. The summed E-state index contributed by atoms with van der Waals surface area (Å²) in [6.45, 7) is 3.93. The molecule has 0 atom stereocenters. The highest BCUT2D eigenvalue weighted by Gasteiger charge is 2.24. The van der Waals surface area contributed by atoms with E-state index < -0.39 is 0 Å². The minimum Gasteiger partial charge on any atom is -0.449 e. The molecule has 0 saturated carbocycles. The number of halogens is 1. The molecule has 2 rings (SSSR count). The number of ether oxygens (including phenoxy) is 1. The molecule has 0 radical (unpaired) electrons. The molecule has 1 aromatic rings. The summed E-state index contributed by atoms with van der Waals surface area (Å²) >= 11 is 4.97. The van der Waals surface area contributed by atoms with Crippen molar-refractivity contribution in [2.45, 2.75) is 32.7 Å². The Hall–Kier alpha value is -0.620. The number of rotatable bonds is 3. The van der Waals surface area contributed by atoms with Crippen LogP contribution >= 0.6 is 27.3 Å². The Morgan fingerprint density at radius 1 is 1.65 bits per heavy atom. The Bertz CT molecular complexity index is 408. The fourth-order valence-corrected chi connectivity index (χ4v) is 3.36. The van der Waals surface area contributed by atoms with Gasteiger partial charge in [-0.25, -0.2) is 9.78 Å². The smallest absolute Gasteiger partial charge is 0.410 e. The molecule has 1 aliphatic rings. The maximum atomic E-state index is 11.8. The number of hydrogen-bond acceptors (Lipinski definition) is 4. The summed E-state index contributed by atoms with van der Waals surface area (Å²) < 4.78 is 6.10. The molecule has 1 aromatic heterocycles. The van der Waals surface area contributed by atoms with Crippen molar-refractivity contribution in [3.63, 3.8) is 0 Å². The second-order valence-electron chi connectivity index (χ2n) is 3.98. The largest absolute Gasteiger partial charge is 0.449 e. The first-order chi connectivity index (χ1) is 8.20. The van der Waals surface area contributed by atoms with Crippen molar-refractivity contribution in [2.75, 3.05) is 13.2 Å². The molecule has 0 spiro atoms. The lowest BCUT2D eigenvalue weighted by Gasteiger charge is -2.25. The number of carbonyl (C=O) groups excluding carboxylic acids is 1. The molecule has 0 N–H and O–H groups in total. The van der Waals surface area contributed by atoms with Gasteiger partial charge in [0.25, 0.3) is 0 Å². The molecule has 0 bridgehead atoms. The van der Waals surface area contributed by atoms with Crippen molar-refractivity contribution in [1.82, 2.24) is 9.88 Å². The van der Waals surface area contributed by atoms with Crippen molar-refractivity contribution < 1.29 is 9.53 Å². The Morgan fingerprint density at radius 3 is 3.24 bits per heavy atom. The molecule has 1 amide bonds. The topological polar surface area (TPSA) is 42.4 Å². The van der Waals surface area contributed by atoms with E-state index in [4.69, 9.17) is 4.74 Å². The quantitative estimate of drug-likeness (QED) is 0.804. The molecule has 0 fully saturated rings. The fourth-order valence-electron chi connectivity index (χ4n) is 1.71. The zero-order valence-electron chi connectivity index (χ0n) is 9.74. The van der Waals surface area contributed by atoms with E-state index in [1.165, 1.54) is 0 Å². The number of thiazole rings is 1. The molecule has 1 aliphatic heterocycles. The van der Waals surface area contributed by atoms with Gasteiger partial charge in [0.05, 0.1) is 18.8 Å². The van der Waals surface area contributed by atoms with Crippen molar-refractivity contribution in [2.24, 2.45) is 0 Å². The van der Waals surface area contributed by atoms with E-state index in [2.05, 4.69) is 27.8 Å². The number of fused-ring (bicyclic) bond motifs is 1. The Balaban J connectivity index is 1.90. The monoisotopic (exact) mass is 318 g/mol. The van der Waals surface area contributed by atoms with Crippen LogP contribution in [0.15, 0.2) is 3.92 Å². The first kappa shape index (κ1) is 12.8. The molecule has 94 valence electrons. The van der Waals surface area contributed by atoms with E-state index in [1.54, 1.807) is 16.2 Å². The third-order valence-electron chi connectivity index (χ3n) is 2.69. The second kappa shape index (κ2) is 5.82. The van der Waals surface area contributed by atoms with Gasteiger partial charge in [-0.05, 0) is 22.4 Å². The van der Waals surface area contributed by atoms with Crippen LogP contribution < -0.4 is 0 Å². The van der Waals surface area contributed by atoms with E-state index in [0.717, 1.165) is 33.8 Å². The third kappa shape index (κ3) is 3.19. The van der Waals surface area contributed by atoms with Crippen LogP contribution in [0.25, 0.3) is 0 Å². The SMILES string of the molecule is CCCCOC(=O)N1CCc2nc(Br)sc2C1. The lowest BCUT2D eigenvalue weighted by molar-refractivity contribution is 0.0969. The number of aromatic nitrogens is 1. The van der Waals surface area contributed by atoms with Crippen molar-refractivity contribution in [1.29, 1.82) is 0 Å². The number of amides is 1. The van der Waals surface area contributed by atoms with Gasteiger partial charge in [0.2, 0.25) is 0 Å². The van der Waals surface area contributed by atoms with E-state index in [9.17, 15) is 4.79 Å². The number of nitrogens with zero attached hydrogens (tertiary/aromatic N) is 2. The lowest BCUT2D eigenvalue weighted by Crippen LogP contribution is -2.36. The highest BCUT2D eigenvalue weighted by atomic mass is 79.9. The minimum atomic E-state index is -0.200.